The minimum atomic E-state index is -0.861. The molecule has 1 N–H and O–H groups in total. The molecule has 1 amide bonds. The van der Waals surface area contributed by atoms with Crippen LogP contribution in [-0.4, -0.2) is 29.2 Å². The molecule has 1 heterocycles. The Morgan fingerprint density at radius 3 is 2.47 bits per heavy atom. The number of carbonyl (C=O) groups excluding carboxylic acids is 3. The van der Waals surface area contributed by atoms with E-state index in [2.05, 4.69) is 5.32 Å². The van der Waals surface area contributed by atoms with Crippen LogP contribution in [0.15, 0.2) is 60.7 Å². The van der Waals surface area contributed by atoms with E-state index in [0.717, 1.165) is 0 Å². The first-order valence-electron chi connectivity index (χ1n) is 8.45. The lowest BCUT2D eigenvalue weighted by Crippen LogP contribution is -2.22. The summed E-state index contributed by atoms with van der Waals surface area (Å²) in [6.07, 6.45) is 0. The van der Waals surface area contributed by atoms with E-state index in [0.29, 0.717) is 21.9 Å². The monoisotopic (exact) mass is 444 g/mol. The van der Waals surface area contributed by atoms with Gasteiger partial charge in [-0.15, -0.1) is 0 Å². The lowest BCUT2D eigenvalue weighted by Gasteiger charge is -2.11. The number of nitrogens with one attached hydrogen (secondary N) is 1. The number of nitrogens with zero attached hydrogens (tertiary/aromatic N) is 1. The maximum Gasteiger partial charge on any atom is 0.349 e. The molecule has 10 heteroatoms. The number of nitro groups is 1. The summed E-state index contributed by atoms with van der Waals surface area (Å²) in [6, 6.07) is 15.3. The first kappa shape index (κ1) is 21.2. The maximum absolute atomic E-state index is 12.8. The van der Waals surface area contributed by atoms with Gasteiger partial charge in [0.15, 0.2) is 12.4 Å². The fourth-order valence-electron chi connectivity index (χ4n) is 2.48. The molecule has 1 aromatic heterocycles. The van der Waals surface area contributed by atoms with Gasteiger partial charge in [-0.25, -0.2) is 4.79 Å². The Kier molecular flexibility index (Phi) is 6.55. The highest BCUT2D eigenvalue weighted by molar-refractivity contribution is 7.17. The minimum Gasteiger partial charge on any atom is -0.451 e. The third kappa shape index (κ3) is 5.07. The second-order valence-corrected chi connectivity index (χ2v) is 7.40. The fraction of sp³-hybridized carbons (Fsp3) is 0.0500. The Bertz CT molecular complexity index is 1130. The van der Waals surface area contributed by atoms with Crippen molar-refractivity contribution in [2.45, 2.75) is 0 Å². The predicted molar refractivity (Wildman–Crippen MR) is 111 cm³/mol. The number of ether oxygens (including phenoxy) is 1. The average Bonchev–Trinajstić information content (AvgIpc) is 3.24. The summed E-state index contributed by atoms with van der Waals surface area (Å²) in [7, 11) is 0. The summed E-state index contributed by atoms with van der Waals surface area (Å²) in [5.74, 6) is -1.88. The molecule has 0 aliphatic carbocycles. The molecule has 30 heavy (non-hydrogen) atoms. The Morgan fingerprint density at radius 2 is 1.80 bits per heavy atom. The van der Waals surface area contributed by atoms with Crippen LogP contribution in [0.3, 0.4) is 0 Å². The summed E-state index contributed by atoms with van der Waals surface area (Å²) < 4.78 is 4.89. The molecule has 0 aliphatic heterocycles. The van der Waals surface area contributed by atoms with Gasteiger partial charge in [-0.2, -0.15) is 0 Å². The van der Waals surface area contributed by atoms with Crippen molar-refractivity contribution in [1.29, 1.82) is 0 Å². The van der Waals surface area contributed by atoms with Crippen molar-refractivity contribution in [2.75, 3.05) is 11.9 Å². The second-order valence-electron chi connectivity index (χ2n) is 5.90. The standard InChI is InChI=1S/C20H13ClN2O6S/c21-13-6-7-15(14(10-13)19(25)12-4-2-1-3-5-12)22-17(24)11-29-20(26)16-8-9-18(30-16)23(27)28/h1-10H,11H2,(H,22,24). The van der Waals surface area contributed by atoms with Crippen molar-refractivity contribution in [2.24, 2.45) is 0 Å². The SMILES string of the molecule is O=C(COC(=O)c1ccc([N+](=O)[O-])s1)Nc1ccc(Cl)cc1C(=O)c1ccccc1. The number of anilines is 1. The van der Waals surface area contributed by atoms with Crippen molar-refractivity contribution in [3.05, 3.63) is 91.8 Å². The summed E-state index contributed by atoms with van der Waals surface area (Å²) >= 11 is 6.64. The van der Waals surface area contributed by atoms with Crippen LogP contribution in [0.2, 0.25) is 5.02 Å². The number of esters is 1. The fourth-order valence-corrected chi connectivity index (χ4v) is 3.37. The number of hydrogen-bond acceptors (Lipinski definition) is 7. The van der Waals surface area contributed by atoms with Gasteiger partial charge in [-0.05, 0) is 24.3 Å². The highest BCUT2D eigenvalue weighted by Gasteiger charge is 2.19. The van der Waals surface area contributed by atoms with Crippen LogP contribution in [0, 0.1) is 10.1 Å². The molecule has 0 atom stereocenters. The van der Waals surface area contributed by atoms with Gasteiger partial charge in [-0.1, -0.05) is 53.3 Å². The summed E-state index contributed by atoms with van der Waals surface area (Å²) in [6.45, 7) is -0.633. The Balaban J connectivity index is 1.68. The average molecular weight is 445 g/mol. The summed E-state index contributed by atoms with van der Waals surface area (Å²) in [4.78, 5) is 47.0. The third-order valence-electron chi connectivity index (χ3n) is 3.84. The van der Waals surface area contributed by atoms with Crippen molar-refractivity contribution in [3.63, 3.8) is 0 Å². The third-order valence-corrected chi connectivity index (χ3v) is 5.10. The van der Waals surface area contributed by atoms with Gasteiger partial charge in [0.05, 0.1) is 10.6 Å². The van der Waals surface area contributed by atoms with Gasteiger partial charge < -0.3 is 10.1 Å². The van der Waals surface area contributed by atoms with Crippen LogP contribution in [0.5, 0.6) is 0 Å². The largest absolute Gasteiger partial charge is 0.451 e. The van der Waals surface area contributed by atoms with E-state index in [-0.39, 0.29) is 26.9 Å². The first-order chi connectivity index (χ1) is 14.3. The second kappa shape index (κ2) is 9.29. The normalized spacial score (nSPS) is 10.3. The Labute approximate surface area is 179 Å². The van der Waals surface area contributed by atoms with Gasteiger partial charge in [0.1, 0.15) is 4.88 Å². The number of thiophene rings is 1. The van der Waals surface area contributed by atoms with E-state index in [1.165, 1.54) is 30.3 Å². The number of benzene rings is 2. The molecule has 0 fully saturated rings. The van der Waals surface area contributed by atoms with Gasteiger partial charge >= 0.3 is 11.0 Å². The van der Waals surface area contributed by atoms with Crippen molar-refractivity contribution in [3.8, 4) is 0 Å². The smallest absolute Gasteiger partial charge is 0.349 e. The van der Waals surface area contributed by atoms with Crippen LogP contribution < -0.4 is 5.32 Å². The van der Waals surface area contributed by atoms with Crippen LogP contribution in [-0.2, 0) is 9.53 Å². The topological polar surface area (TPSA) is 116 Å². The zero-order valence-corrected chi connectivity index (χ0v) is 16.7. The number of amides is 1. The van der Waals surface area contributed by atoms with Gasteiger partial charge in [0.2, 0.25) is 0 Å². The van der Waals surface area contributed by atoms with Gasteiger partial charge in [0, 0.05) is 22.2 Å². The molecular formula is C20H13ClN2O6S. The molecule has 0 aliphatic rings. The molecule has 0 radical (unpaired) electrons. The van der Waals surface area contributed by atoms with Crippen molar-refractivity contribution in [1.82, 2.24) is 0 Å². The van der Waals surface area contributed by atoms with Crippen LogP contribution >= 0.6 is 22.9 Å². The molecular weight excluding hydrogens is 432 g/mol. The zero-order valence-electron chi connectivity index (χ0n) is 15.2. The number of rotatable bonds is 7. The molecule has 0 bridgehead atoms. The van der Waals surface area contributed by atoms with E-state index in [1.54, 1.807) is 30.3 Å². The molecule has 8 nitrogen and oxygen atoms in total. The number of carbonyl (C=O) groups is 3. The van der Waals surface area contributed by atoms with Crippen LogP contribution in [0.25, 0.3) is 0 Å². The number of hydrogen-bond donors (Lipinski definition) is 1. The molecule has 0 saturated heterocycles. The van der Waals surface area contributed by atoms with Crippen LogP contribution in [0.1, 0.15) is 25.6 Å². The molecule has 0 spiro atoms. The summed E-state index contributed by atoms with van der Waals surface area (Å²) in [5.41, 5.74) is 0.810. The molecule has 0 saturated carbocycles. The summed E-state index contributed by atoms with van der Waals surface area (Å²) in [5, 5.41) is 13.3. The van der Waals surface area contributed by atoms with E-state index in [4.69, 9.17) is 16.3 Å². The Hall–Kier alpha value is -3.56. The maximum atomic E-state index is 12.8. The molecule has 3 rings (SSSR count). The van der Waals surface area contributed by atoms with E-state index in [1.807, 2.05) is 0 Å². The molecule has 0 unspecified atom stereocenters. The highest BCUT2D eigenvalue weighted by atomic mass is 35.5. The van der Waals surface area contributed by atoms with Crippen molar-refractivity contribution < 1.29 is 24.0 Å². The predicted octanol–water partition coefficient (Wildman–Crippen LogP) is 4.34. The number of halogens is 1. The minimum absolute atomic E-state index is 0.000868. The van der Waals surface area contributed by atoms with E-state index >= 15 is 0 Å². The van der Waals surface area contributed by atoms with Gasteiger partial charge in [0.25, 0.3) is 5.91 Å². The van der Waals surface area contributed by atoms with Crippen LogP contribution in [0.4, 0.5) is 10.7 Å². The van der Waals surface area contributed by atoms with Gasteiger partial charge in [-0.3, -0.25) is 19.7 Å². The first-order valence-corrected chi connectivity index (χ1v) is 9.65. The molecule has 3 aromatic rings. The van der Waals surface area contributed by atoms with E-state index in [9.17, 15) is 24.5 Å². The quantitative estimate of drug-likeness (QED) is 0.251. The molecule has 2 aromatic carbocycles. The van der Waals surface area contributed by atoms with Crippen molar-refractivity contribution >= 4 is 51.3 Å². The number of ketones is 1. The molecule has 152 valence electrons. The lowest BCUT2D eigenvalue weighted by molar-refractivity contribution is -0.380. The Morgan fingerprint density at radius 1 is 1.07 bits per heavy atom. The highest BCUT2D eigenvalue weighted by Crippen LogP contribution is 2.25. The lowest BCUT2D eigenvalue weighted by atomic mass is 10.0. The van der Waals surface area contributed by atoms with E-state index < -0.39 is 23.4 Å². The zero-order chi connectivity index (χ0) is 21.7.